The number of para-hydroxylation sites is 1. The molecule has 0 saturated carbocycles. The van der Waals surface area contributed by atoms with Crippen LogP contribution in [-0.2, 0) is 0 Å². The fourth-order valence-electron chi connectivity index (χ4n) is 1.57. The Balaban J connectivity index is 2.04. The highest BCUT2D eigenvalue weighted by Gasteiger charge is 2.11. The maximum atomic E-state index is 11.7. The van der Waals surface area contributed by atoms with Crippen LogP contribution in [0.3, 0.4) is 0 Å². The van der Waals surface area contributed by atoms with Crippen molar-refractivity contribution in [2.45, 2.75) is 18.7 Å². The van der Waals surface area contributed by atoms with Crippen LogP contribution in [0.5, 0.6) is 0 Å². The van der Waals surface area contributed by atoms with E-state index in [1.807, 2.05) is 31.2 Å². The molecule has 1 atom stereocenters. The number of rotatable bonds is 4. The van der Waals surface area contributed by atoms with Crippen LogP contribution in [0.25, 0.3) is 11.0 Å². The molecule has 1 aromatic heterocycles. The second-order valence-corrected chi connectivity index (χ2v) is 4.72. The number of nitrogens with one attached hydrogen (secondary N) is 1. The average Bonchev–Trinajstić information content (AvgIpc) is 2.71. The lowest BCUT2D eigenvalue weighted by molar-refractivity contribution is 0.0928. The molecule has 2 rings (SSSR count). The maximum absolute atomic E-state index is 11.7. The minimum absolute atomic E-state index is 0.0611. The average molecular weight is 252 g/mol. The number of amides is 1. The Hall–Kier alpha value is -1.48. The topological polar surface area (TPSA) is 42.2 Å². The van der Waals surface area contributed by atoms with Gasteiger partial charge in [0.1, 0.15) is 5.58 Å². The molecule has 0 radical (unpaired) electrons. The van der Waals surface area contributed by atoms with Crippen molar-refractivity contribution in [2.24, 2.45) is 0 Å². The van der Waals surface area contributed by atoms with E-state index >= 15 is 0 Å². The second-order valence-electron chi connectivity index (χ2n) is 3.97. The largest absolute Gasteiger partial charge is 0.451 e. The minimum Gasteiger partial charge on any atom is -0.451 e. The normalized spacial score (nSPS) is 12.6. The molecule has 0 spiro atoms. The number of furan rings is 1. The first-order chi connectivity index (χ1) is 8.16. The Kier molecular flexibility index (Phi) is 3.69. The molecule has 0 bridgehead atoms. The molecule has 2 aromatic rings. The summed E-state index contributed by atoms with van der Waals surface area (Å²) in [5, 5.41) is 3.77. The maximum Gasteiger partial charge on any atom is 0.287 e. The van der Waals surface area contributed by atoms with Crippen LogP contribution in [0.4, 0.5) is 0 Å². The van der Waals surface area contributed by atoms with Crippen molar-refractivity contribution in [1.29, 1.82) is 0 Å². The molecule has 1 unspecified atom stereocenters. The van der Waals surface area contributed by atoms with E-state index in [2.05, 4.69) is 5.32 Å². The first-order valence-corrected chi connectivity index (χ1v) is 6.01. The Bertz CT molecular complexity index is 486. The Morgan fingerprint density at radius 2 is 2.24 bits per heavy atom. The highest BCUT2D eigenvalue weighted by molar-refractivity contribution is 6.20. The lowest BCUT2D eigenvalue weighted by atomic mass is 10.2. The number of fused-ring (bicyclic) bond motifs is 1. The van der Waals surface area contributed by atoms with Gasteiger partial charge in [-0.1, -0.05) is 18.2 Å². The third-order valence-corrected chi connectivity index (χ3v) is 2.70. The molecule has 90 valence electrons. The molecule has 0 aliphatic carbocycles. The number of benzene rings is 1. The monoisotopic (exact) mass is 251 g/mol. The van der Waals surface area contributed by atoms with Gasteiger partial charge in [-0.05, 0) is 25.5 Å². The highest BCUT2D eigenvalue weighted by Crippen LogP contribution is 2.18. The van der Waals surface area contributed by atoms with Gasteiger partial charge in [0, 0.05) is 17.3 Å². The van der Waals surface area contributed by atoms with Crippen LogP contribution in [0.1, 0.15) is 23.9 Å². The van der Waals surface area contributed by atoms with Crippen LogP contribution < -0.4 is 5.32 Å². The van der Waals surface area contributed by atoms with Crippen LogP contribution in [0.15, 0.2) is 34.7 Å². The van der Waals surface area contributed by atoms with E-state index in [4.69, 9.17) is 16.0 Å². The Morgan fingerprint density at radius 3 is 2.94 bits per heavy atom. The molecule has 3 nitrogen and oxygen atoms in total. The van der Waals surface area contributed by atoms with Crippen molar-refractivity contribution in [3.8, 4) is 0 Å². The van der Waals surface area contributed by atoms with Gasteiger partial charge >= 0.3 is 0 Å². The Morgan fingerprint density at radius 1 is 1.47 bits per heavy atom. The van der Waals surface area contributed by atoms with Gasteiger partial charge in [0.05, 0.1) is 0 Å². The van der Waals surface area contributed by atoms with E-state index in [9.17, 15) is 4.79 Å². The first-order valence-electron chi connectivity index (χ1n) is 5.57. The van der Waals surface area contributed by atoms with Crippen molar-refractivity contribution in [2.75, 3.05) is 6.54 Å². The van der Waals surface area contributed by atoms with Crippen LogP contribution in [0.2, 0.25) is 0 Å². The molecule has 4 heteroatoms. The number of alkyl halides is 1. The van der Waals surface area contributed by atoms with E-state index in [0.29, 0.717) is 12.3 Å². The summed E-state index contributed by atoms with van der Waals surface area (Å²) in [6, 6.07) is 9.29. The number of halogens is 1. The molecule has 1 aromatic carbocycles. The molecular formula is C13H14ClNO2. The lowest BCUT2D eigenvalue weighted by Crippen LogP contribution is -2.25. The van der Waals surface area contributed by atoms with Crippen LogP contribution >= 0.6 is 11.6 Å². The van der Waals surface area contributed by atoms with Gasteiger partial charge in [-0.2, -0.15) is 0 Å². The number of carbonyl (C=O) groups is 1. The summed E-state index contributed by atoms with van der Waals surface area (Å²) < 4.78 is 5.44. The highest BCUT2D eigenvalue weighted by atomic mass is 35.5. The standard InChI is InChI=1S/C13H14ClNO2/c1-9(14)6-7-15-13(16)12-8-10-4-2-3-5-11(10)17-12/h2-5,8-9H,6-7H2,1H3,(H,15,16). The van der Waals surface area contributed by atoms with Gasteiger partial charge in [0.25, 0.3) is 5.91 Å². The van der Waals surface area contributed by atoms with Gasteiger partial charge < -0.3 is 9.73 Å². The quantitative estimate of drug-likeness (QED) is 0.848. The molecule has 0 fully saturated rings. The van der Waals surface area contributed by atoms with E-state index in [1.54, 1.807) is 6.07 Å². The fourth-order valence-corrected chi connectivity index (χ4v) is 1.67. The zero-order chi connectivity index (χ0) is 12.3. The van der Waals surface area contributed by atoms with Gasteiger partial charge in [-0.25, -0.2) is 0 Å². The Labute approximate surface area is 105 Å². The molecule has 17 heavy (non-hydrogen) atoms. The molecular weight excluding hydrogens is 238 g/mol. The number of hydrogen-bond donors (Lipinski definition) is 1. The third kappa shape index (κ3) is 3.01. The summed E-state index contributed by atoms with van der Waals surface area (Å²) in [5.74, 6) is 0.145. The molecule has 0 saturated heterocycles. The summed E-state index contributed by atoms with van der Waals surface area (Å²) in [5.41, 5.74) is 0.725. The number of hydrogen-bond acceptors (Lipinski definition) is 2. The van der Waals surface area contributed by atoms with E-state index < -0.39 is 0 Å². The van der Waals surface area contributed by atoms with Gasteiger partial charge in [0.15, 0.2) is 5.76 Å². The van der Waals surface area contributed by atoms with Gasteiger partial charge in [-0.15, -0.1) is 11.6 Å². The van der Waals surface area contributed by atoms with Gasteiger partial charge in [-0.3, -0.25) is 4.79 Å². The van der Waals surface area contributed by atoms with E-state index in [0.717, 1.165) is 17.4 Å². The van der Waals surface area contributed by atoms with Gasteiger partial charge in [0.2, 0.25) is 0 Å². The second kappa shape index (κ2) is 5.23. The van der Waals surface area contributed by atoms with Crippen molar-refractivity contribution >= 4 is 28.5 Å². The summed E-state index contributed by atoms with van der Waals surface area (Å²) >= 11 is 5.80. The van der Waals surface area contributed by atoms with E-state index in [-0.39, 0.29) is 11.3 Å². The first kappa shape index (κ1) is 12.0. The number of carbonyl (C=O) groups excluding carboxylic acids is 1. The third-order valence-electron chi connectivity index (χ3n) is 2.48. The summed E-state index contributed by atoms with van der Waals surface area (Å²) in [7, 11) is 0. The molecule has 0 aliphatic heterocycles. The SMILES string of the molecule is CC(Cl)CCNC(=O)c1cc2ccccc2o1. The van der Waals surface area contributed by atoms with Crippen LogP contribution in [-0.4, -0.2) is 17.8 Å². The van der Waals surface area contributed by atoms with Crippen molar-refractivity contribution in [1.82, 2.24) is 5.32 Å². The fraction of sp³-hybridized carbons (Fsp3) is 0.308. The predicted molar refractivity (Wildman–Crippen MR) is 68.5 cm³/mol. The van der Waals surface area contributed by atoms with Crippen molar-refractivity contribution in [3.63, 3.8) is 0 Å². The summed E-state index contributed by atoms with van der Waals surface area (Å²) in [4.78, 5) is 11.7. The zero-order valence-corrected chi connectivity index (χ0v) is 10.3. The molecule has 0 aliphatic rings. The summed E-state index contributed by atoms with van der Waals surface area (Å²) in [6.45, 7) is 2.45. The summed E-state index contributed by atoms with van der Waals surface area (Å²) in [6.07, 6.45) is 0.744. The van der Waals surface area contributed by atoms with Crippen molar-refractivity contribution in [3.05, 3.63) is 36.1 Å². The minimum atomic E-state index is -0.196. The lowest BCUT2D eigenvalue weighted by Gasteiger charge is -2.03. The molecule has 1 amide bonds. The van der Waals surface area contributed by atoms with E-state index in [1.165, 1.54) is 0 Å². The molecule has 1 N–H and O–H groups in total. The van der Waals surface area contributed by atoms with Crippen LogP contribution in [0, 0.1) is 0 Å². The predicted octanol–water partition coefficient (Wildman–Crippen LogP) is 3.18. The smallest absolute Gasteiger partial charge is 0.287 e. The zero-order valence-electron chi connectivity index (χ0n) is 9.57. The molecule has 1 heterocycles. The van der Waals surface area contributed by atoms with Crippen molar-refractivity contribution < 1.29 is 9.21 Å².